The molecule has 0 fully saturated rings. The summed E-state index contributed by atoms with van der Waals surface area (Å²) in [5.74, 6) is -0.296. The lowest BCUT2D eigenvalue weighted by molar-refractivity contribution is 0.0696. The zero-order chi connectivity index (χ0) is 11.0. The quantitative estimate of drug-likeness (QED) is 0.819. The van der Waals surface area contributed by atoms with Gasteiger partial charge in [0.25, 0.3) is 0 Å². The lowest BCUT2D eigenvalue weighted by Crippen LogP contribution is -2.21. The van der Waals surface area contributed by atoms with Crippen LogP contribution < -0.4 is 10.5 Å². The summed E-state index contributed by atoms with van der Waals surface area (Å²) in [6, 6.07) is 2.95. The molecule has 1 aromatic rings. The Balaban J connectivity index is 2.56. The molecule has 3 N–H and O–H groups in total. The minimum atomic E-state index is -0.962. The molecule has 0 spiro atoms. The van der Waals surface area contributed by atoms with E-state index >= 15 is 0 Å². The summed E-state index contributed by atoms with van der Waals surface area (Å²) < 4.78 is 6.09. The lowest BCUT2D eigenvalue weighted by atomic mass is 9.99. The van der Waals surface area contributed by atoms with Crippen LogP contribution in [0.25, 0.3) is 0 Å². The highest BCUT2D eigenvalue weighted by atomic mass is 79.9. The molecule has 1 atom stereocenters. The first-order valence-corrected chi connectivity index (χ1v) is 5.34. The third-order valence-electron chi connectivity index (χ3n) is 2.39. The Hall–Kier alpha value is -1.07. The summed E-state index contributed by atoms with van der Waals surface area (Å²) in [4.78, 5) is 10.8. The second-order valence-corrected chi connectivity index (χ2v) is 4.28. The maximum atomic E-state index is 10.8. The van der Waals surface area contributed by atoms with Crippen LogP contribution in [-0.4, -0.2) is 17.7 Å². The molecule has 2 rings (SSSR count). The average molecular weight is 272 g/mol. The van der Waals surface area contributed by atoms with Gasteiger partial charge in [0.1, 0.15) is 5.75 Å². The molecule has 0 radical (unpaired) electrons. The van der Waals surface area contributed by atoms with Crippen molar-refractivity contribution in [2.75, 3.05) is 6.61 Å². The van der Waals surface area contributed by atoms with E-state index in [2.05, 4.69) is 15.9 Å². The molecule has 0 aromatic heterocycles. The Morgan fingerprint density at radius 3 is 3.00 bits per heavy atom. The van der Waals surface area contributed by atoms with Crippen LogP contribution in [0.5, 0.6) is 5.75 Å². The molecule has 0 bridgehead atoms. The van der Waals surface area contributed by atoms with Crippen molar-refractivity contribution < 1.29 is 14.6 Å². The number of benzene rings is 1. The Morgan fingerprint density at radius 2 is 2.33 bits per heavy atom. The SMILES string of the molecule is N[C@H]1CCOc2c(Br)cc(C(=O)O)cc21. The second kappa shape index (κ2) is 3.83. The number of halogens is 1. The van der Waals surface area contributed by atoms with Crippen molar-refractivity contribution in [2.45, 2.75) is 12.5 Å². The van der Waals surface area contributed by atoms with Crippen LogP contribution in [0.2, 0.25) is 0 Å². The van der Waals surface area contributed by atoms with E-state index in [0.717, 1.165) is 5.56 Å². The van der Waals surface area contributed by atoms with E-state index in [0.29, 0.717) is 23.2 Å². The summed E-state index contributed by atoms with van der Waals surface area (Å²) in [7, 11) is 0. The van der Waals surface area contributed by atoms with Crippen LogP contribution in [0.3, 0.4) is 0 Å². The van der Waals surface area contributed by atoms with Crippen molar-refractivity contribution in [3.63, 3.8) is 0 Å². The zero-order valence-electron chi connectivity index (χ0n) is 7.87. The van der Waals surface area contributed by atoms with E-state index in [-0.39, 0.29) is 11.6 Å². The van der Waals surface area contributed by atoms with Gasteiger partial charge in [0.2, 0.25) is 0 Å². The Bertz CT molecular complexity index is 419. The van der Waals surface area contributed by atoms with Gasteiger partial charge < -0.3 is 15.6 Å². The molecule has 4 nitrogen and oxygen atoms in total. The van der Waals surface area contributed by atoms with Crippen molar-refractivity contribution >= 4 is 21.9 Å². The minimum Gasteiger partial charge on any atom is -0.492 e. The molecule has 0 amide bonds. The summed E-state index contributed by atoms with van der Waals surface area (Å²) >= 11 is 3.28. The number of carboxylic acids is 1. The highest BCUT2D eigenvalue weighted by Crippen LogP contribution is 2.37. The second-order valence-electron chi connectivity index (χ2n) is 3.43. The van der Waals surface area contributed by atoms with Gasteiger partial charge in [-0.05, 0) is 28.1 Å². The summed E-state index contributed by atoms with van der Waals surface area (Å²) in [5.41, 5.74) is 6.87. The average Bonchev–Trinajstić information content (AvgIpc) is 2.19. The molecule has 1 aliphatic rings. The predicted molar refractivity (Wildman–Crippen MR) is 58.1 cm³/mol. The van der Waals surface area contributed by atoms with Gasteiger partial charge in [0.15, 0.2) is 0 Å². The van der Waals surface area contributed by atoms with Crippen LogP contribution >= 0.6 is 15.9 Å². The topological polar surface area (TPSA) is 72.5 Å². The van der Waals surface area contributed by atoms with Crippen molar-refractivity contribution in [1.29, 1.82) is 0 Å². The van der Waals surface area contributed by atoms with Crippen LogP contribution in [0.15, 0.2) is 16.6 Å². The molecule has 0 aliphatic carbocycles. The zero-order valence-corrected chi connectivity index (χ0v) is 9.45. The van der Waals surface area contributed by atoms with E-state index in [4.69, 9.17) is 15.6 Å². The first kappa shape index (κ1) is 10.4. The van der Waals surface area contributed by atoms with E-state index in [1.807, 2.05) is 0 Å². The van der Waals surface area contributed by atoms with Gasteiger partial charge in [-0.3, -0.25) is 0 Å². The molecule has 15 heavy (non-hydrogen) atoms. The van der Waals surface area contributed by atoms with Crippen molar-refractivity contribution in [3.8, 4) is 5.75 Å². The van der Waals surface area contributed by atoms with Crippen molar-refractivity contribution in [3.05, 3.63) is 27.7 Å². The monoisotopic (exact) mass is 271 g/mol. The fraction of sp³-hybridized carbons (Fsp3) is 0.300. The van der Waals surface area contributed by atoms with Crippen LogP contribution in [-0.2, 0) is 0 Å². The number of carbonyl (C=O) groups is 1. The number of hydrogen-bond donors (Lipinski definition) is 2. The fourth-order valence-corrected chi connectivity index (χ4v) is 2.20. The number of carboxylic acid groups (broad SMARTS) is 1. The van der Waals surface area contributed by atoms with Crippen molar-refractivity contribution in [2.24, 2.45) is 5.73 Å². The third-order valence-corrected chi connectivity index (χ3v) is 2.98. The first-order valence-electron chi connectivity index (χ1n) is 4.54. The third kappa shape index (κ3) is 1.85. The largest absolute Gasteiger partial charge is 0.492 e. The lowest BCUT2D eigenvalue weighted by Gasteiger charge is -2.24. The number of hydrogen-bond acceptors (Lipinski definition) is 3. The Labute approximate surface area is 95.2 Å². The minimum absolute atomic E-state index is 0.149. The number of aromatic carboxylic acids is 1. The smallest absolute Gasteiger partial charge is 0.335 e. The predicted octanol–water partition coefficient (Wildman–Crippen LogP) is 1.93. The maximum Gasteiger partial charge on any atom is 0.335 e. The van der Waals surface area contributed by atoms with Gasteiger partial charge in [-0.2, -0.15) is 0 Å². The van der Waals surface area contributed by atoms with Gasteiger partial charge >= 0.3 is 5.97 Å². The Kier molecular flexibility index (Phi) is 2.67. The van der Waals surface area contributed by atoms with E-state index in [9.17, 15) is 4.79 Å². The molecule has 80 valence electrons. The van der Waals surface area contributed by atoms with Gasteiger partial charge in [0.05, 0.1) is 16.6 Å². The summed E-state index contributed by atoms with van der Waals surface area (Å²) in [5, 5.41) is 8.89. The summed E-state index contributed by atoms with van der Waals surface area (Å²) in [6.07, 6.45) is 0.711. The molecule has 1 heterocycles. The molecular formula is C10H10BrNO3. The number of ether oxygens (including phenoxy) is 1. The van der Waals surface area contributed by atoms with Gasteiger partial charge in [-0.25, -0.2) is 4.79 Å². The van der Waals surface area contributed by atoms with Crippen LogP contribution in [0.4, 0.5) is 0 Å². The highest BCUT2D eigenvalue weighted by Gasteiger charge is 2.22. The van der Waals surface area contributed by atoms with E-state index < -0.39 is 5.97 Å². The first-order chi connectivity index (χ1) is 7.09. The van der Waals surface area contributed by atoms with E-state index in [1.165, 1.54) is 6.07 Å². The summed E-state index contributed by atoms with van der Waals surface area (Å²) in [6.45, 7) is 0.569. The molecule has 0 unspecified atom stereocenters. The fourth-order valence-electron chi connectivity index (χ4n) is 1.61. The van der Waals surface area contributed by atoms with E-state index in [1.54, 1.807) is 6.07 Å². The number of rotatable bonds is 1. The number of fused-ring (bicyclic) bond motifs is 1. The van der Waals surface area contributed by atoms with Gasteiger partial charge in [-0.15, -0.1) is 0 Å². The number of nitrogens with two attached hydrogens (primary N) is 1. The molecule has 1 aromatic carbocycles. The van der Waals surface area contributed by atoms with Crippen LogP contribution in [0, 0.1) is 0 Å². The van der Waals surface area contributed by atoms with Crippen LogP contribution in [0.1, 0.15) is 28.4 Å². The highest BCUT2D eigenvalue weighted by molar-refractivity contribution is 9.10. The molecule has 1 aliphatic heterocycles. The van der Waals surface area contributed by atoms with Gasteiger partial charge in [-0.1, -0.05) is 0 Å². The molecule has 0 saturated carbocycles. The Morgan fingerprint density at radius 1 is 1.60 bits per heavy atom. The molecule has 5 heteroatoms. The normalized spacial score (nSPS) is 19.2. The maximum absolute atomic E-state index is 10.8. The molecule has 0 saturated heterocycles. The molecular weight excluding hydrogens is 262 g/mol. The van der Waals surface area contributed by atoms with Gasteiger partial charge in [0, 0.05) is 18.0 Å². The standard InChI is InChI=1S/C10H10BrNO3/c11-7-4-5(10(13)14)3-6-8(12)1-2-15-9(6)7/h3-4,8H,1-2,12H2,(H,13,14)/t8-/m0/s1. The van der Waals surface area contributed by atoms with Crippen molar-refractivity contribution in [1.82, 2.24) is 0 Å².